The lowest BCUT2D eigenvalue weighted by Crippen LogP contribution is -2.52. The highest BCUT2D eigenvalue weighted by molar-refractivity contribution is 6.30. The Morgan fingerprint density at radius 2 is 2.06 bits per heavy atom. The van der Waals surface area contributed by atoms with E-state index in [9.17, 15) is 18.4 Å². The molecule has 0 aromatic heterocycles. The number of hydrogen-bond donors (Lipinski definition) is 1. The van der Waals surface area contributed by atoms with Crippen LogP contribution in [0.15, 0.2) is 48.4 Å². The summed E-state index contributed by atoms with van der Waals surface area (Å²) >= 11 is 6.17. The number of nitrogens with zero attached hydrogens (tertiary/aromatic N) is 2. The molecule has 2 aromatic rings. The van der Waals surface area contributed by atoms with E-state index < -0.39 is 11.7 Å². The minimum Gasteiger partial charge on any atom is -0.493 e. The van der Waals surface area contributed by atoms with E-state index in [2.05, 4.69) is 5.32 Å². The first-order valence-electron chi connectivity index (χ1n) is 11.0. The third kappa shape index (κ3) is 4.81. The Kier molecular flexibility index (Phi) is 6.10. The molecule has 0 bridgehead atoms. The van der Waals surface area contributed by atoms with Crippen molar-refractivity contribution in [2.75, 3.05) is 45.2 Å². The molecular formula is C25H22ClF2N3O4. The molecule has 1 saturated heterocycles. The monoisotopic (exact) mass is 501 g/mol. The number of nitrogens with one attached hydrogen (secondary N) is 1. The van der Waals surface area contributed by atoms with Gasteiger partial charge in [-0.3, -0.25) is 9.59 Å². The fourth-order valence-electron chi connectivity index (χ4n) is 4.26. The van der Waals surface area contributed by atoms with Gasteiger partial charge in [-0.05, 0) is 30.3 Å². The summed E-state index contributed by atoms with van der Waals surface area (Å²) in [5.74, 6) is -1.00. The molecule has 2 amide bonds. The molecule has 3 aliphatic rings. The fraction of sp³-hybridized carbons (Fsp3) is 0.280. The van der Waals surface area contributed by atoms with E-state index in [-0.39, 0.29) is 47.8 Å². The van der Waals surface area contributed by atoms with Gasteiger partial charge in [-0.15, -0.1) is 0 Å². The van der Waals surface area contributed by atoms with Gasteiger partial charge in [-0.2, -0.15) is 0 Å². The first kappa shape index (κ1) is 23.2. The summed E-state index contributed by atoms with van der Waals surface area (Å²) < 4.78 is 39.7. The number of anilines is 1. The van der Waals surface area contributed by atoms with Crippen LogP contribution in [0.4, 0.5) is 14.5 Å². The molecular weight excluding hydrogens is 480 g/mol. The normalized spacial score (nSPS) is 17.5. The maximum absolute atomic E-state index is 14.5. The van der Waals surface area contributed by atoms with Gasteiger partial charge in [0, 0.05) is 54.5 Å². The van der Waals surface area contributed by atoms with Crippen molar-refractivity contribution in [3.8, 4) is 11.5 Å². The van der Waals surface area contributed by atoms with Crippen molar-refractivity contribution in [3.63, 3.8) is 0 Å². The van der Waals surface area contributed by atoms with E-state index in [0.717, 1.165) is 6.07 Å². The average molecular weight is 502 g/mol. The number of benzene rings is 2. The molecule has 0 unspecified atom stereocenters. The molecule has 2 aromatic carbocycles. The topological polar surface area (TPSA) is 71.1 Å². The van der Waals surface area contributed by atoms with Crippen LogP contribution in [0.2, 0.25) is 5.02 Å². The summed E-state index contributed by atoms with van der Waals surface area (Å²) in [4.78, 5) is 27.6. The number of hydrogen-bond acceptors (Lipinski definition) is 5. The lowest BCUT2D eigenvalue weighted by atomic mass is 9.99. The first-order valence-corrected chi connectivity index (χ1v) is 11.4. The molecule has 3 aliphatic heterocycles. The largest absolute Gasteiger partial charge is 0.493 e. The molecule has 7 nitrogen and oxygen atoms in total. The van der Waals surface area contributed by atoms with E-state index >= 15 is 0 Å². The zero-order valence-electron chi connectivity index (χ0n) is 18.8. The van der Waals surface area contributed by atoms with Crippen LogP contribution in [0.25, 0.3) is 5.57 Å². The molecule has 0 aliphatic carbocycles. The average Bonchev–Trinajstić information content (AvgIpc) is 2.77. The number of allylic oxidation sites excluding steroid dienone is 2. The molecule has 1 N–H and O–H groups in total. The third-order valence-corrected chi connectivity index (χ3v) is 6.21. The zero-order valence-corrected chi connectivity index (χ0v) is 19.6. The number of halogens is 3. The van der Waals surface area contributed by atoms with E-state index in [0.29, 0.717) is 41.6 Å². The predicted octanol–water partition coefficient (Wildman–Crippen LogP) is 4.10. The van der Waals surface area contributed by atoms with Crippen LogP contribution in [-0.4, -0.2) is 61.5 Å². The molecule has 35 heavy (non-hydrogen) atoms. The standard InChI is InChI=1S/C25H22ClF2N3O4/c1-30-10-15(4-17(27)11-30)18-5-16(26)2-3-22(18)34-12-14-8-31(9-14)25(33)19-6-21-23(7-20(19)28)35-13-24(32)29-21/h2-7,10,14H,8-9,11-13H2,1H3,(H,29,32). The summed E-state index contributed by atoms with van der Waals surface area (Å²) in [6.07, 6.45) is 3.29. The zero-order chi connectivity index (χ0) is 24.7. The Bertz CT molecular complexity index is 1270. The highest BCUT2D eigenvalue weighted by atomic mass is 35.5. The maximum Gasteiger partial charge on any atom is 0.262 e. The number of rotatable bonds is 5. The van der Waals surface area contributed by atoms with E-state index in [1.54, 1.807) is 30.1 Å². The van der Waals surface area contributed by atoms with E-state index in [1.165, 1.54) is 17.0 Å². The van der Waals surface area contributed by atoms with E-state index in [4.69, 9.17) is 21.1 Å². The van der Waals surface area contributed by atoms with Gasteiger partial charge in [0.1, 0.15) is 23.1 Å². The second kappa shape index (κ2) is 9.22. The molecule has 0 spiro atoms. The summed E-state index contributed by atoms with van der Waals surface area (Å²) in [6.45, 7) is 1.12. The molecule has 182 valence electrons. The molecule has 1 fully saturated rings. The number of likely N-dealkylation sites (N-methyl/N-ethyl adjacent to an activating group) is 1. The highest BCUT2D eigenvalue weighted by Gasteiger charge is 2.34. The maximum atomic E-state index is 14.5. The summed E-state index contributed by atoms with van der Waals surface area (Å²) in [6, 6.07) is 7.57. The molecule has 0 saturated carbocycles. The van der Waals surface area contributed by atoms with Crippen molar-refractivity contribution in [1.29, 1.82) is 0 Å². The van der Waals surface area contributed by atoms with Crippen LogP contribution >= 0.6 is 11.6 Å². The van der Waals surface area contributed by atoms with E-state index in [1.807, 2.05) is 6.20 Å². The summed E-state index contributed by atoms with van der Waals surface area (Å²) in [7, 11) is 1.78. The van der Waals surface area contributed by atoms with Gasteiger partial charge in [-0.25, -0.2) is 8.78 Å². The Morgan fingerprint density at radius 1 is 1.26 bits per heavy atom. The molecule has 10 heteroatoms. The van der Waals surface area contributed by atoms with Gasteiger partial charge in [0.2, 0.25) is 0 Å². The van der Waals surface area contributed by atoms with Gasteiger partial charge < -0.3 is 24.6 Å². The van der Waals surface area contributed by atoms with Gasteiger partial charge in [-0.1, -0.05) is 11.6 Å². The second-order valence-corrected chi connectivity index (χ2v) is 9.22. The highest BCUT2D eigenvalue weighted by Crippen LogP contribution is 2.34. The minimum absolute atomic E-state index is 0.0430. The van der Waals surface area contributed by atoms with Crippen molar-refractivity contribution in [2.45, 2.75) is 0 Å². The van der Waals surface area contributed by atoms with Crippen LogP contribution in [0.5, 0.6) is 11.5 Å². The summed E-state index contributed by atoms with van der Waals surface area (Å²) in [5.41, 5.74) is 1.47. The molecule has 0 radical (unpaired) electrons. The van der Waals surface area contributed by atoms with Crippen molar-refractivity contribution in [3.05, 3.63) is 70.4 Å². The van der Waals surface area contributed by atoms with Crippen molar-refractivity contribution in [2.24, 2.45) is 5.92 Å². The van der Waals surface area contributed by atoms with Crippen LogP contribution in [0, 0.1) is 11.7 Å². The first-order chi connectivity index (χ1) is 16.8. The van der Waals surface area contributed by atoms with Gasteiger partial charge in [0.25, 0.3) is 11.8 Å². The minimum atomic E-state index is -0.707. The Hall–Kier alpha value is -3.59. The van der Waals surface area contributed by atoms with Gasteiger partial charge in [0.15, 0.2) is 6.61 Å². The SMILES string of the molecule is CN1C=C(c2cc(Cl)ccc2OCC2CN(C(=O)c3cc4c(cc3F)OCC(=O)N4)C2)C=C(F)C1. The fourth-order valence-corrected chi connectivity index (χ4v) is 4.43. The molecule has 0 atom stereocenters. The van der Waals surface area contributed by atoms with Crippen molar-refractivity contribution >= 4 is 34.7 Å². The number of likely N-dealkylation sites (tertiary alicyclic amines) is 1. The second-order valence-electron chi connectivity index (χ2n) is 8.78. The van der Waals surface area contributed by atoms with Crippen LogP contribution in [-0.2, 0) is 4.79 Å². The Morgan fingerprint density at radius 3 is 2.83 bits per heavy atom. The predicted molar refractivity (Wildman–Crippen MR) is 127 cm³/mol. The van der Waals surface area contributed by atoms with Crippen LogP contribution in [0.3, 0.4) is 0 Å². The third-order valence-electron chi connectivity index (χ3n) is 5.98. The number of ether oxygens (including phenoxy) is 2. The van der Waals surface area contributed by atoms with Crippen molar-refractivity contribution < 1.29 is 27.8 Å². The van der Waals surface area contributed by atoms with Crippen LogP contribution < -0.4 is 14.8 Å². The number of carbonyl (C=O) groups excluding carboxylic acids is 2. The lowest BCUT2D eigenvalue weighted by molar-refractivity contribution is -0.118. The van der Waals surface area contributed by atoms with Crippen molar-refractivity contribution in [1.82, 2.24) is 9.80 Å². The molecule has 3 heterocycles. The van der Waals surface area contributed by atoms with Gasteiger partial charge in [0.05, 0.1) is 24.4 Å². The van der Waals surface area contributed by atoms with Crippen LogP contribution in [0.1, 0.15) is 15.9 Å². The Balaban J connectivity index is 1.23. The number of amides is 2. The smallest absolute Gasteiger partial charge is 0.262 e. The number of carbonyl (C=O) groups is 2. The Labute approximate surface area is 205 Å². The quantitative estimate of drug-likeness (QED) is 0.668. The van der Waals surface area contributed by atoms with Gasteiger partial charge >= 0.3 is 0 Å². The summed E-state index contributed by atoms with van der Waals surface area (Å²) in [5, 5.41) is 3.08. The lowest BCUT2D eigenvalue weighted by Gasteiger charge is -2.39. The molecule has 5 rings (SSSR count). The number of fused-ring (bicyclic) bond motifs is 1.